The maximum Gasteiger partial charge on any atom is 0.337 e. The van der Waals surface area contributed by atoms with Gasteiger partial charge in [0.05, 0.1) is 19.2 Å². The molecular weight excluding hydrogens is 328 g/mol. The zero-order chi connectivity index (χ0) is 17.5. The van der Waals surface area contributed by atoms with Crippen LogP contribution >= 0.6 is 11.6 Å². The van der Waals surface area contributed by atoms with Crippen molar-refractivity contribution in [2.24, 2.45) is 0 Å². The summed E-state index contributed by atoms with van der Waals surface area (Å²) in [5.74, 6) is -0.576. The van der Waals surface area contributed by atoms with E-state index in [2.05, 4.69) is 15.4 Å². The number of carbonyl (C=O) groups excluding carboxylic acids is 2. The molecule has 126 valence electrons. The monoisotopic (exact) mass is 346 g/mol. The molecule has 0 fully saturated rings. The lowest BCUT2D eigenvalue weighted by Gasteiger charge is -2.14. The van der Waals surface area contributed by atoms with Gasteiger partial charge in [0.25, 0.3) is 0 Å². The van der Waals surface area contributed by atoms with Crippen LogP contribution in [-0.2, 0) is 9.53 Å². The normalized spacial score (nSPS) is 11.6. The summed E-state index contributed by atoms with van der Waals surface area (Å²) in [7, 11) is 1.32. The summed E-state index contributed by atoms with van der Waals surface area (Å²) in [6, 6.07) is 14.0. The van der Waals surface area contributed by atoms with Crippen LogP contribution in [0, 0.1) is 0 Å². The fourth-order valence-electron chi connectivity index (χ4n) is 2.13. The Bertz CT molecular complexity index is 699. The fraction of sp³-hybridized carbons (Fsp3) is 0.222. The zero-order valence-electron chi connectivity index (χ0n) is 13.5. The van der Waals surface area contributed by atoms with Gasteiger partial charge in [0.2, 0.25) is 5.91 Å². The Labute approximate surface area is 146 Å². The van der Waals surface area contributed by atoms with Crippen molar-refractivity contribution in [3.63, 3.8) is 0 Å². The SMILES string of the molecule is COC(=O)c1ccc(NC(=O)CN[C@H](C)c2ccc(Cl)cc2)cc1. The highest BCUT2D eigenvalue weighted by atomic mass is 35.5. The summed E-state index contributed by atoms with van der Waals surface area (Å²) in [5, 5.41) is 6.59. The highest BCUT2D eigenvalue weighted by Gasteiger charge is 2.09. The van der Waals surface area contributed by atoms with Crippen LogP contribution in [0.3, 0.4) is 0 Å². The van der Waals surface area contributed by atoms with E-state index < -0.39 is 5.97 Å². The number of rotatable bonds is 6. The molecule has 1 atom stereocenters. The predicted octanol–water partition coefficient (Wildman–Crippen LogP) is 3.42. The highest BCUT2D eigenvalue weighted by Crippen LogP contribution is 2.16. The average molecular weight is 347 g/mol. The Morgan fingerprint density at radius 2 is 1.71 bits per heavy atom. The summed E-state index contributed by atoms with van der Waals surface area (Å²) < 4.78 is 4.63. The van der Waals surface area contributed by atoms with Crippen LogP contribution in [0.2, 0.25) is 5.02 Å². The van der Waals surface area contributed by atoms with Crippen molar-refractivity contribution >= 4 is 29.2 Å². The smallest absolute Gasteiger partial charge is 0.337 e. The molecule has 0 aliphatic rings. The lowest BCUT2D eigenvalue weighted by Crippen LogP contribution is -2.30. The van der Waals surface area contributed by atoms with Gasteiger partial charge >= 0.3 is 5.97 Å². The molecule has 0 spiro atoms. The van der Waals surface area contributed by atoms with Crippen molar-refractivity contribution in [2.75, 3.05) is 19.0 Å². The molecule has 5 nitrogen and oxygen atoms in total. The van der Waals surface area contributed by atoms with Crippen LogP contribution < -0.4 is 10.6 Å². The van der Waals surface area contributed by atoms with Crippen LogP contribution in [-0.4, -0.2) is 25.5 Å². The molecule has 0 unspecified atom stereocenters. The number of hydrogen-bond acceptors (Lipinski definition) is 4. The second-order valence-corrected chi connectivity index (χ2v) is 5.71. The van der Waals surface area contributed by atoms with E-state index >= 15 is 0 Å². The van der Waals surface area contributed by atoms with Gasteiger partial charge < -0.3 is 15.4 Å². The van der Waals surface area contributed by atoms with Crippen molar-refractivity contribution in [2.45, 2.75) is 13.0 Å². The molecule has 0 heterocycles. The first-order valence-corrected chi connectivity index (χ1v) is 7.84. The van der Waals surface area contributed by atoms with Gasteiger partial charge in [-0.25, -0.2) is 4.79 Å². The first-order valence-electron chi connectivity index (χ1n) is 7.46. The molecule has 24 heavy (non-hydrogen) atoms. The van der Waals surface area contributed by atoms with Gasteiger partial charge in [0, 0.05) is 16.8 Å². The summed E-state index contributed by atoms with van der Waals surface area (Å²) in [6.07, 6.45) is 0. The van der Waals surface area contributed by atoms with Gasteiger partial charge in [-0.3, -0.25) is 4.79 Å². The summed E-state index contributed by atoms with van der Waals surface area (Å²) in [6.45, 7) is 2.14. The number of ether oxygens (including phenoxy) is 1. The minimum atomic E-state index is -0.411. The molecule has 0 aliphatic heterocycles. The summed E-state index contributed by atoms with van der Waals surface area (Å²) >= 11 is 5.86. The Hall–Kier alpha value is -2.37. The molecule has 2 rings (SSSR count). The van der Waals surface area contributed by atoms with Crippen molar-refractivity contribution in [1.29, 1.82) is 0 Å². The zero-order valence-corrected chi connectivity index (χ0v) is 14.3. The minimum absolute atomic E-state index is 0.0229. The Kier molecular flexibility index (Phi) is 6.35. The van der Waals surface area contributed by atoms with Crippen molar-refractivity contribution < 1.29 is 14.3 Å². The van der Waals surface area contributed by atoms with E-state index in [0.29, 0.717) is 16.3 Å². The molecule has 0 bridgehead atoms. The Balaban J connectivity index is 1.84. The third-order valence-corrected chi connectivity index (χ3v) is 3.78. The highest BCUT2D eigenvalue weighted by molar-refractivity contribution is 6.30. The summed E-state index contributed by atoms with van der Waals surface area (Å²) in [5.41, 5.74) is 2.10. The molecule has 0 saturated carbocycles. The van der Waals surface area contributed by atoms with Gasteiger partial charge in [-0.1, -0.05) is 23.7 Å². The number of nitrogens with one attached hydrogen (secondary N) is 2. The molecule has 0 radical (unpaired) electrons. The molecule has 0 aliphatic carbocycles. The Morgan fingerprint density at radius 3 is 2.29 bits per heavy atom. The molecule has 2 aromatic rings. The number of methoxy groups -OCH3 is 1. The largest absolute Gasteiger partial charge is 0.465 e. The van der Waals surface area contributed by atoms with Gasteiger partial charge in [-0.15, -0.1) is 0 Å². The van der Waals surface area contributed by atoms with Crippen LogP contribution in [0.5, 0.6) is 0 Å². The second-order valence-electron chi connectivity index (χ2n) is 5.27. The molecule has 2 aromatic carbocycles. The molecule has 0 saturated heterocycles. The number of halogens is 1. The van der Waals surface area contributed by atoms with Gasteiger partial charge in [-0.05, 0) is 48.9 Å². The van der Waals surface area contributed by atoms with E-state index in [1.54, 1.807) is 24.3 Å². The lowest BCUT2D eigenvalue weighted by atomic mass is 10.1. The Morgan fingerprint density at radius 1 is 1.08 bits per heavy atom. The number of hydrogen-bond donors (Lipinski definition) is 2. The maximum absolute atomic E-state index is 12.0. The first-order chi connectivity index (χ1) is 11.5. The number of benzene rings is 2. The third kappa shape index (κ3) is 5.08. The van der Waals surface area contributed by atoms with Crippen LogP contribution in [0.1, 0.15) is 28.9 Å². The van der Waals surface area contributed by atoms with Crippen molar-refractivity contribution in [1.82, 2.24) is 5.32 Å². The van der Waals surface area contributed by atoms with E-state index in [4.69, 9.17) is 11.6 Å². The lowest BCUT2D eigenvalue weighted by molar-refractivity contribution is -0.115. The van der Waals surface area contributed by atoms with Gasteiger partial charge in [-0.2, -0.15) is 0 Å². The van der Waals surface area contributed by atoms with E-state index in [9.17, 15) is 9.59 Å². The standard InChI is InChI=1S/C18H19ClN2O3/c1-12(13-3-7-15(19)8-4-13)20-11-17(22)21-16-9-5-14(6-10-16)18(23)24-2/h3-10,12,20H,11H2,1-2H3,(H,21,22)/t12-/m1/s1. The summed E-state index contributed by atoms with van der Waals surface area (Å²) in [4.78, 5) is 23.3. The van der Waals surface area contributed by atoms with Crippen LogP contribution in [0.15, 0.2) is 48.5 Å². The molecule has 0 aromatic heterocycles. The van der Waals surface area contributed by atoms with E-state index in [1.165, 1.54) is 7.11 Å². The van der Waals surface area contributed by atoms with Gasteiger partial charge in [0.15, 0.2) is 0 Å². The topological polar surface area (TPSA) is 67.4 Å². The predicted molar refractivity (Wildman–Crippen MR) is 94.3 cm³/mol. The second kappa shape index (κ2) is 8.47. The number of amides is 1. The van der Waals surface area contributed by atoms with E-state index in [-0.39, 0.29) is 18.5 Å². The van der Waals surface area contributed by atoms with Crippen molar-refractivity contribution in [3.8, 4) is 0 Å². The molecule has 6 heteroatoms. The molecule has 2 N–H and O–H groups in total. The maximum atomic E-state index is 12.0. The van der Waals surface area contributed by atoms with Gasteiger partial charge in [0.1, 0.15) is 0 Å². The first kappa shape index (κ1) is 18.0. The van der Waals surface area contributed by atoms with Crippen LogP contribution in [0.25, 0.3) is 0 Å². The third-order valence-electron chi connectivity index (χ3n) is 3.53. The van der Waals surface area contributed by atoms with Crippen LogP contribution in [0.4, 0.5) is 5.69 Å². The van der Waals surface area contributed by atoms with E-state index in [1.807, 2.05) is 31.2 Å². The average Bonchev–Trinajstić information content (AvgIpc) is 2.60. The van der Waals surface area contributed by atoms with E-state index in [0.717, 1.165) is 5.56 Å². The minimum Gasteiger partial charge on any atom is -0.465 e. The quantitative estimate of drug-likeness (QED) is 0.786. The number of anilines is 1. The molecule has 1 amide bonds. The molecular formula is C18H19ClN2O3. The number of esters is 1. The number of carbonyl (C=O) groups is 2. The van der Waals surface area contributed by atoms with Crippen molar-refractivity contribution in [3.05, 3.63) is 64.7 Å². The fourth-order valence-corrected chi connectivity index (χ4v) is 2.25.